The largest absolute Gasteiger partial charge is 0.259 e. The van der Waals surface area contributed by atoms with Gasteiger partial charge < -0.3 is 0 Å². The second-order valence-corrected chi connectivity index (χ2v) is 4.58. The summed E-state index contributed by atoms with van der Waals surface area (Å²) in [6, 6.07) is 6.28. The summed E-state index contributed by atoms with van der Waals surface area (Å²) < 4.78 is 1.10. The maximum atomic E-state index is 4.43. The SMILES string of the molecule is CC(C)C1C=Nc2c(Br)cccc21. The molecule has 1 aromatic rings. The van der Waals surface area contributed by atoms with Gasteiger partial charge >= 0.3 is 0 Å². The lowest BCUT2D eigenvalue weighted by Crippen LogP contribution is -2.04. The highest BCUT2D eigenvalue weighted by molar-refractivity contribution is 9.10. The van der Waals surface area contributed by atoms with Crippen LogP contribution in [0.15, 0.2) is 27.7 Å². The monoisotopic (exact) mass is 237 g/mol. The maximum absolute atomic E-state index is 4.43. The number of benzene rings is 1. The van der Waals surface area contributed by atoms with Crippen LogP contribution < -0.4 is 0 Å². The van der Waals surface area contributed by atoms with Crippen LogP contribution in [-0.4, -0.2) is 6.21 Å². The van der Waals surface area contributed by atoms with Gasteiger partial charge in [0.2, 0.25) is 0 Å². The maximum Gasteiger partial charge on any atom is 0.0806 e. The summed E-state index contributed by atoms with van der Waals surface area (Å²) in [7, 11) is 0. The van der Waals surface area contributed by atoms with Crippen molar-refractivity contribution in [1.82, 2.24) is 0 Å². The number of fused-ring (bicyclic) bond motifs is 1. The minimum absolute atomic E-state index is 0.493. The van der Waals surface area contributed by atoms with Crippen molar-refractivity contribution >= 4 is 27.8 Å². The van der Waals surface area contributed by atoms with Gasteiger partial charge in [-0.1, -0.05) is 26.0 Å². The molecule has 13 heavy (non-hydrogen) atoms. The zero-order chi connectivity index (χ0) is 9.42. The number of nitrogens with zero attached hydrogens (tertiary/aromatic N) is 1. The smallest absolute Gasteiger partial charge is 0.0806 e. The van der Waals surface area contributed by atoms with Crippen molar-refractivity contribution in [3.8, 4) is 0 Å². The number of rotatable bonds is 1. The zero-order valence-electron chi connectivity index (χ0n) is 7.79. The van der Waals surface area contributed by atoms with Crippen molar-refractivity contribution in [2.45, 2.75) is 19.8 Å². The molecule has 2 rings (SSSR count). The molecular formula is C11H12BrN. The van der Waals surface area contributed by atoms with Crippen molar-refractivity contribution in [3.63, 3.8) is 0 Å². The van der Waals surface area contributed by atoms with Crippen molar-refractivity contribution in [3.05, 3.63) is 28.2 Å². The standard InChI is InChI=1S/C11H12BrN/c1-7(2)9-6-13-11-8(9)4-3-5-10(11)12/h3-7,9H,1-2H3. The summed E-state index contributed by atoms with van der Waals surface area (Å²) in [4.78, 5) is 4.43. The first-order chi connectivity index (χ1) is 6.20. The van der Waals surface area contributed by atoms with Crippen LogP contribution >= 0.6 is 15.9 Å². The molecule has 1 aromatic carbocycles. The fraction of sp³-hybridized carbons (Fsp3) is 0.364. The summed E-state index contributed by atoms with van der Waals surface area (Å²) in [5.41, 5.74) is 2.46. The van der Waals surface area contributed by atoms with E-state index in [1.54, 1.807) is 0 Å². The van der Waals surface area contributed by atoms with Crippen molar-refractivity contribution in [2.24, 2.45) is 10.9 Å². The highest BCUT2D eigenvalue weighted by Gasteiger charge is 2.22. The molecule has 0 aromatic heterocycles. The van der Waals surface area contributed by atoms with Crippen LogP contribution in [0.5, 0.6) is 0 Å². The molecule has 2 heteroatoms. The predicted octanol–water partition coefficient (Wildman–Crippen LogP) is 3.90. The molecule has 1 heterocycles. The first-order valence-corrected chi connectivity index (χ1v) is 5.32. The fourth-order valence-corrected chi connectivity index (χ4v) is 2.19. The van der Waals surface area contributed by atoms with Crippen LogP contribution in [-0.2, 0) is 0 Å². The third-order valence-electron chi connectivity index (χ3n) is 2.46. The highest BCUT2D eigenvalue weighted by Crippen LogP contribution is 2.40. The second-order valence-electron chi connectivity index (χ2n) is 3.73. The van der Waals surface area contributed by atoms with E-state index < -0.39 is 0 Å². The fourth-order valence-electron chi connectivity index (χ4n) is 1.70. The molecule has 1 unspecified atom stereocenters. The van der Waals surface area contributed by atoms with Gasteiger partial charge in [0.25, 0.3) is 0 Å². The summed E-state index contributed by atoms with van der Waals surface area (Å²) in [5.74, 6) is 1.12. The van der Waals surface area contributed by atoms with E-state index >= 15 is 0 Å². The van der Waals surface area contributed by atoms with Gasteiger partial charge in [0.1, 0.15) is 0 Å². The van der Waals surface area contributed by atoms with E-state index in [0.29, 0.717) is 11.8 Å². The molecule has 0 saturated carbocycles. The molecule has 0 amide bonds. The number of hydrogen-bond acceptors (Lipinski definition) is 1. The van der Waals surface area contributed by atoms with Gasteiger partial charge in [-0.2, -0.15) is 0 Å². The molecule has 1 atom stereocenters. The van der Waals surface area contributed by atoms with Gasteiger partial charge in [-0.3, -0.25) is 4.99 Å². The molecule has 68 valence electrons. The normalized spacial score (nSPS) is 19.5. The van der Waals surface area contributed by atoms with Crippen LogP contribution in [0.4, 0.5) is 5.69 Å². The Morgan fingerprint density at radius 2 is 2.15 bits per heavy atom. The molecule has 0 N–H and O–H groups in total. The Kier molecular flexibility index (Phi) is 2.24. The van der Waals surface area contributed by atoms with Gasteiger partial charge in [0.15, 0.2) is 0 Å². The minimum Gasteiger partial charge on any atom is -0.259 e. The Balaban J connectivity index is 2.49. The molecule has 0 aliphatic carbocycles. The summed E-state index contributed by atoms with van der Waals surface area (Å²) in [6.07, 6.45) is 2.06. The Bertz CT molecular complexity index is 355. The second kappa shape index (κ2) is 3.26. The third-order valence-corrected chi connectivity index (χ3v) is 3.10. The predicted molar refractivity (Wildman–Crippen MR) is 59.9 cm³/mol. The van der Waals surface area contributed by atoms with Crippen molar-refractivity contribution < 1.29 is 0 Å². The van der Waals surface area contributed by atoms with Crippen molar-refractivity contribution in [2.75, 3.05) is 0 Å². The van der Waals surface area contributed by atoms with Gasteiger partial charge in [-0.25, -0.2) is 0 Å². The Hall–Kier alpha value is -0.630. The van der Waals surface area contributed by atoms with Gasteiger partial charge in [0, 0.05) is 16.6 Å². The number of hydrogen-bond donors (Lipinski definition) is 0. The Morgan fingerprint density at radius 3 is 2.85 bits per heavy atom. The average Bonchev–Trinajstić information content (AvgIpc) is 2.48. The third kappa shape index (κ3) is 1.44. The summed E-state index contributed by atoms with van der Waals surface area (Å²) in [6.45, 7) is 4.46. The molecule has 0 fully saturated rings. The van der Waals surface area contributed by atoms with E-state index in [0.717, 1.165) is 10.2 Å². The molecule has 0 bridgehead atoms. The van der Waals surface area contributed by atoms with Crippen LogP contribution in [0.3, 0.4) is 0 Å². The first kappa shape index (κ1) is 8.95. The van der Waals surface area contributed by atoms with Crippen molar-refractivity contribution in [1.29, 1.82) is 0 Å². The number of para-hydroxylation sites is 1. The van der Waals surface area contributed by atoms with Gasteiger partial charge in [-0.15, -0.1) is 0 Å². The molecule has 0 radical (unpaired) electrons. The van der Waals surface area contributed by atoms with Gasteiger partial charge in [0.05, 0.1) is 5.69 Å². The number of aliphatic imine (C=N–C) groups is 1. The van der Waals surface area contributed by atoms with E-state index in [4.69, 9.17) is 0 Å². The minimum atomic E-state index is 0.493. The molecule has 0 saturated heterocycles. The van der Waals surface area contributed by atoms with E-state index in [1.807, 2.05) is 6.07 Å². The van der Waals surface area contributed by atoms with Gasteiger partial charge in [-0.05, 0) is 33.5 Å². The van der Waals surface area contributed by atoms with E-state index in [2.05, 4.69) is 53.1 Å². The molecule has 1 nitrogen and oxygen atoms in total. The lowest BCUT2D eigenvalue weighted by Gasteiger charge is -2.12. The molecule has 0 spiro atoms. The lowest BCUT2D eigenvalue weighted by molar-refractivity contribution is 0.617. The van der Waals surface area contributed by atoms with E-state index in [9.17, 15) is 0 Å². The summed E-state index contributed by atoms with van der Waals surface area (Å²) in [5, 5.41) is 0. The van der Waals surface area contributed by atoms with E-state index in [1.165, 1.54) is 5.56 Å². The Labute approximate surface area is 87.0 Å². The first-order valence-electron chi connectivity index (χ1n) is 4.52. The Morgan fingerprint density at radius 1 is 1.38 bits per heavy atom. The average molecular weight is 238 g/mol. The van der Waals surface area contributed by atoms with Crippen LogP contribution in [0, 0.1) is 5.92 Å². The molecular weight excluding hydrogens is 226 g/mol. The number of halogens is 1. The highest BCUT2D eigenvalue weighted by atomic mass is 79.9. The lowest BCUT2D eigenvalue weighted by atomic mass is 9.90. The van der Waals surface area contributed by atoms with E-state index in [-0.39, 0.29) is 0 Å². The molecule has 1 aliphatic rings. The summed E-state index contributed by atoms with van der Waals surface area (Å²) >= 11 is 3.51. The quantitative estimate of drug-likeness (QED) is 0.703. The van der Waals surface area contributed by atoms with Crippen LogP contribution in [0.25, 0.3) is 0 Å². The topological polar surface area (TPSA) is 12.4 Å². The van der Waals surface area contributed by atoms with Crippen LogP contribution in [0.2, 0.25) is 0 Å². The zero-order valence-corrected chi connectivity index (χ0v) is 9.38. The van der Waals surface area contributed by atoms with Crippen LogP contribution in [0.1, 0.15) is 25.3 Å². The molecule has 1 aliphatic heterocycles.